The summed E-state index contributed by atoms with van der Waals surface area (Å²) >= 11 is 0. The first kappa shape index (κ1) is 15.7. The van der Waals surface area contributed by atoms with Gasteiger partial charge in [-0.1, -0.05) is 12.1 Å². The van der Waals surface area contributed by atoms with Gasteiger partial charge in [-0.15, -0.1) is 0 Å². The van der Waals surface area contributed by atoms with Crippen LogP contribution in [0.4, 0.5) is 0 Å². The molecule has 0 unspecified atom stereocenters. The van der Waals surface area contributed by atoms with Crippen LogP contribution in [0.15, 0.2) is 35.5 Å². The lowest BCUT2D eigenvalue weighted by atomic mass is 10.0. The molecule has 0 saturated carbocycles. The lowest BCUT2D eigenvalue weighted by Gasteiger charge is -2.30. The highest BCUT2D eigenvalue weighted by atomic mass is 32.2. The minimum Gasteiger partial charge on any atom is -0.481 e. The molecule has 0 saturated heterocycles. The number of imidazole rings is 1. The fourth-order valence-electron chi connectivity index (χ4n) is 2.88. The predicted octanol–water partition coefficient (Wildman–Crippen LogP) is 1.10. The van der Waals surface area contributed by atoms with Crippen LogP contribution < -0.4 is 0 Å². The van der Waals surface area contributed by atoms with Crippen molar-refractivity contribution in [1.82, 2.24) is 13.9 Å². The topological polar surface area (TPSA) is 92.5 Å². The first-order chi connectivity index (χ1) is 10.8. The maximum absolute atomic E-state index is 12.8. The van der Waals surface area contributed by atoms with Gasteiger partial charge in [0.25, 0.3) is 0 Å². The van der Waals surface area contributed by atoms with Crippen LogP contribution in [-0.2, 0) is 28.4 Å². The summed E-state index contributed by atoms with van der Waals surface area (Å²) in [5.41, 5.74) is 1.88. The van der Waals surface area contributed by atoms with Crippen molar-refractivity contribution < 1.29 is 18.3 Å². The van der Waals surface area contributed by atoms with Gasteiger partial charge in [0.2, 0.25) is 10.0 Å². The van der Waals surface area contributed by atoms with Crippen molar-refractivity contribution in [3.63, 3.8) is 0 Å². The SMILES string of the molecule is Cc1cccc(S(=O)(=O)N2Cc3ncn(C)c3[C@H](C(=O)O)C2)c1. The van der Waals surface area contributed by atoms with Gasteiger partial charge in [-0.25, -0.2) is 13.4 Å². The second-order valence-electron chi connectivity index (χ2n) is 5.69. The number of carbonyl (C=O) groups is 1. The summed E-state index contributed by atoms with van der Waals surface area (Å²) in [4.78, 5) is 15.9. The summed E-state index contributed by atoms with van der Waals surface area (Å²) in [6.45, 7) is 1.79. The van der Waals surface area contributed by atoms with E-state index in [1.54, 1.807) is 23.7 Å². The van der Waals surface area contributed by atoms with E-state index in [1.807, 2.05) is 13.0 Å². The minimum absolute atomic E-state index is 0.0796. The highest BCUT2D eigenvalue weighted by Gasteiger charge is 2.39. The number of carboxylic acid groups (broad SMARTS) is 1. The van der Waals surface area contributed by atoms with Crippen LogP contribution in [0.3, 0.4) is 0 Å². The van der Waals surface area contributed by atoms with E-state index in [4.69, 9.17) is 0 Å². The molecule has 1 aliphatic rings. The summed E-state index contributed by atoms with van der Waals surface area (Å²) in [5, 5.41) is 9.46. The third kappa shape index (κ3) is 2.64. The quantitative estimate of drug-likeness (QED) is 0.907. The predicted molar refractivity (Wildman–Crippen MR) is 82.4 cm³/mol. The van der Waals surface area contributed by atoms with Crippen molar-refractivity contribution in [2.24, 2.45) is 7.05 Å². The summed E-state index contributed by atoms with van der Waals surface area (Å²) in [7, 11) is -2.05. The van der Waals surface area contributed by atoms with Crippen LogP contribution in [0.25, 0.3) is 0 Å². The Hall–Kier alpha value is -2.19. The number of aromatic nitrogens is 2. The molecule has 1 N–H and O–H groups in total. The van der Waals surface area contributed by atoms with E-state index in [0.29, 0.717) is 11.4 Å². The zero-order valence-electron chi connectivity index (χ0n) is 12.8. The van der Waals surface area contributed by atoms with E-state index in [-0.39, 0.29) is 18.0 Å². The number of rotatable bonds is 3. The molecule has 0 bridgehead atoms. The average Bonchev–Trinajstić information content (AvgIpc) is 2.88. The molecular formula is C15H17N3O4S. The average molecular weight is 335 g/mol. The van der Waals surface area contributed by atoms with E-state index >= 15 is 0 Å². The Balaban J connectivity index is 2.04. The zero-order valence-corrected chi connectivity index (χ0v) is 13.6. The third-order valence-corrected chi connectivity index (χ3v) is 5.84. The Labute approximate surface area is 134 Å². The number of benzene rings is 1. The summed E-state index contributed by atoms with van der Waals surface area (Å²) < 4.78 is 28.5. The molecule has 0 amide bonds. The normalized spacial score (nSPS) is 18.6. The number of aliphatic carboxylic acids is 1. The number of hydrogen-bond donors (Lipinski definition) is 1. The number of nitrogens with zero attached hydrogens (tertiary/aromatic N) is 3. The van der Waals surface area contributed by atoms with Crippen molar-refractivity contribution >= 4 is 16.0 Å². The molecule has 122 valence electrons. The van der Waals surface area contributed by atoms with Gasteiger partial charge in [-0.2, -0.15) is 4.31 Å². The molecule has 7 nitrogen and oxygen atoms in total. The zero-order chi connectivity index (χ0) is 16.8. The van der Waals surface area contributed by atoms with E-state index in [0.717, 1.165) is 5.56 Å². The van der Waals surface area contributed by atoms with Crippen LogP contribution in [0.5, 0.6) is 0 Å². The number of sulfonamides is 1. The molecule has 0 spiro atoms. The summed E-state index contributed by atoms with van der Waals surface area (Å²) in [6, 6.07) is 6.59. The van der Waals surface area contributed by atoms with E-state index in [9.17, 15) is 18.3 Å². The van der Waals surface area contributed by atoms with E-state index < -0.39 is 21.9 Å². The second-order valence-corrected chi connectivity index (χ2v) is 7.63. The molecule has 1 atom stereocenters. The molecule has 2 heterocycles. The molecule has 1 aromatic heterocycles. The van der Waals surface area contributed by atoms with Crippen LogP contribution in [0.2, 0.25) is 0 Å². The standard InChI is InChI=1S/C15H17N3O4S/c1-10-4-3-5-11(6-10)23(21,22)18-7-12(15(19)20)14-13(8-18)16-9-17(14)2/h3-6,9,12H,7-8H2,1-2H3,(H,19,20)/t12-/m1/s1. The molecular weight excluding hydrogens is 318 g/mol. The maximum atomic E-state index is 12.8. The summed E-state index contributed by atoms with van der Waals surface area (Å²) in [6.07, 6.45) is 1.52. The fourth-order valence-corrected chi connectivity index (χ4v) is 4.40. The fraction of sp³-hybridized carbons (Fsp3) is 0.333. The minimum atomic E-state index is -3.76. The molecule has 2 aromatic rings. The van der Waals surface area contributed by atoms with Crippen molar-refractivity contribution in [2.75, 3.05) is 6.54 Å². The first-order valence-electron chi connectivity index (χ1n) is 7.10. The number of fused-ring (bicyclic) bond motifs is 1. The third-order valence-electron chi connectivity index (χ3n) is 4.03. The molecule has 0 radical (unpaired) electrons. The number of carboxylic acids is 1. The van der Waals surface area contributed by atoms with Crippen molar-refractivity contribution in [1.29, 1.82) is 0 Å². The van der Waals surface area contributed by atoms with Gasteiger partial charge in [-0.3, -0.25) is 4.79 Å². The Kier molecular flexibility index (Phi) is 3.73. The van der Waals surface area contributed by atoms with Gasteiger partial charge in [0.1, 0.15) is 5.92 Å². The van der Waals surface area contributed by atoms with Gasteiger partial charge in [0.15, 0.2) is 0 Å². The highest BCUT2D eigenvalue weighted by molar-refractivity contribution is 7.89. The van der Waals surface area contributed by atoms with Crippen LogP contribution >= 0.6 is 0 Å². The molecule has 0 fully saturated rings. The van der Waals surface area contributed by atoms with Gasteiger partial charge in [0, 0.05) is 13.6 Å². The van der Waals surface area contributed by atoms with Gasteiger partial charge < -0.3 is 9.67 Å². The lowest BCUT2D eigenvalue weighted by molar-refractivity contribution is -0.139. The maximum Gasteiger partial charge on any atom is 0.313 e. The van der Waals surface area contributed by atoms with Crippen molar-refractivity contribution in [3.8, 4) is 0 Å². The van der Waals surface area contributed by atoms with Crippen LogP contribution in [-0.4, -0.2) is 39.9 Å². The van der Waals surface area contributed by atoms with Crippen LogP contribution in [0.1, 0.15) is 22.9 Å². The molecule has 3 rings (SSSR count). The molecule has 1 aliphatic heterocycles. The smallest absolute Gasteiger partial charge is 0.313 e. The number of aryl methyl sites for hydroxylation is 2. The Bertz CT molecular complexity index is 873. The summed E-state index contributed by atoms with van der Waals surface area (Å²) in [5.74, 6) is -1.98. The lowest BCUT2D eigenvalue weighted by Crippen LogP contribution is -2.41. The monoisotopic (exact) mass is 335 g/mol. The Morgan fingerprint density at radius 1 is 1.39 bits per heavy atom. The van der Waals surface area contributed by atoms with Gasteiger partial charge in [0.05, 0.1) is 29.2 Å². The molecule has 1 aromatic carbocycles. The first-order valence-corrected chi connectivity index (χ1v) is 8.54. The van der Waals surface area contributed by atoms with E-state index in [2.05, 4.69) is 4.98 Å². The van der Waals surface area contributed by atoms with Crippen molar-refractivity contribution in [2.45, 2.75) is 24.3 Å². The Morgan fingerprint density at radius 2 is 2.13 bits per heavy atom. The molecule has 23 heavy (non-hydrogen) atoms. The van der Waals surface area contributed by atoms with E-state index in [1.165, 1.54) is 16.7 Å². The Morgan fingerprint density at radius 3 is 2.78 bits per heavy atom. The van der Waals surface area contributed by atoms with Crippen molar-refractivity contribution in [3.05, 3.63) is 47.5 Å². The van der Waals surface area contributed by atoms with Crippen LogP contribution in [0, 0.1) is 6.92 Å². The van der Waals surface area contributed by atoms with Gasteiger partial charge in [-0.05, 0) is 24.6 Å². The number of hydrogen-bond acceptors (Lipinski definition) is 4. The molecule has 0 aliphatic carbocycles. The molecule has 8 heteroatoms. The largest absolute Gasteiger partial charge is 0.481 e. The second kappa shape index (κ2) is 5.47. The highest BCUT2D eigenvalue weighted by Crippen LogP contribution is 2.31. The van der Waals surface area contributed by atoms with Gasteiger partial charge >= 0.3 is 5.97 Å².